The van der Waals surface area contributed by atoms with Gasteiger partial charge in [-0.1, -0.05) is 30.7 Å². The topological polar surface area (TPSA) is 146 Å². The van der Waals surface area contributed by atoms with Crippen LogP contribution in [0.1, 0.15) is 66.3 Å². The molecule has 0 bridgehead atoms. The molecule has 3 aromatic rings. The number of aromatic carboxylic acids is 1. The number of amides is 1. The molecule has 0 saturated carbocycles. The number of aliphatic hydroxyl groups is 1. The van der Waals surface area contributed by atoms with Crippen LogP contribution in [0.25, 0.3) is 0 Å². The largest absolute Gasteiger partial charge is 0.490 e. The number of carbonyl (C=O) groups excluding carboxylic acids is 1. The maximum Gasteiger partial charge on any atom is 0.335 e. The number of hydrogen-bond acceptors (Lipinski definition) is 8. The Hall–Kier alpha value is -3.68. The van der Waals surface area contributed by atoms with E-state index in [4.69, 9.17) is 21.1 Å². The number of benzene rings is 3. The number of anilines is 1. The maximum absolute atomic E-state index is 14.4. The first kappa shape index (κ1) is 38.1. The fourth-order valence-corrected chi connectivity index (χ4v) is 6.89. The average Bonchev–Trinajstić information content (AvgIpc) is 3.06. The molecule has 0 radical (unpaired) electrons. The van der Waals surface area contributed by atoms with Crippen molar-refractivity contribution in [3.63, 3.8) is 0 Å². The van der Waals surface area contributed by atoms with Crippen molar-refractivity contribution in [2.45, 2.75) is 69.7 Å². The summed E-state index contributed by atoms with van der Waals surface area (Å²) in [5.41, 5.74) is 1.54. The van der Waals surface area contributed by atoms with E-state index in [2.05, 4.69) is 9.62 Å². The van der Waals surface area contributed by atoms with Crippen LogP contribution in [0.4, 0.5) is 5.69 Å². The van der Waals surface area contributed by atoms with Gasteiger partial charge in [0, 0.05) is 42.9 Å². The van der Waals surface area contributed by atoms with Crippen LogP contribution in [0.5, 0.6) is 5.75 Å². The second-order valence-electron chi connectivity index (χ2n) is 12.8. The molecule has 0 fully saturated rings. The van der Waals surface area contributed by atoms with Gasteiger partial charge in [-0.25, -0.2) is 13.2 Å². The zero-order valence-electron chi connectivity index (χ0n) is 28.3. The van der Waals surface area contributed by atoms with Crippen LogP contribution < -0.4 is 9.46 Å². The number of nitrogens with one attached hydrogen (secondary N) is 1. The van der Waals surface area contributed by atoms with E-state index in [1.165, 1.54) is 30.3 Å². The highest BCUT2D eigenvalue weighted by atomic mass is 35.5. The molecule has 11 nitrogen and oxygen atoms in total. The zero-order valence-corrected chi connectivity index (χ0v) is 29.9. The number of carbonyl (C=O) groups is 2. The first-order valence-electron chi connectivity index (χ1n) is 16.4. The minimum atomic E-state index is -3.99. The van der Waals surface area contributed by atoms with Crippen LogP contribution in [0.15, 0.2) is 71.6 Å². The third kappa shape index (κ3) is 10.7. The first-order chi connectivity index (χ1) is 23.3. The van der Waals surface area contributed by atoms with Crippen molar-refractivity contribution in [1.82, 2.24) is 9.80 Å². The van der Waals surface area contributed by atoms with E-state index in [0.717, 1.165) is 18.4 Å². The highest BCUT2D eigenvalue weighted by Gasteiger charge is 2.31. The highest BCUT2D eigenvalue weighted by Crippen LogP contribution is 2.30. The molecule has 0 unspecified atom stereocenters. The summed E-state index contributed by atoms with van der Waals surface area (Å²) in [5, 5.41) is 19.9. The Morgan fingerprint density at radius 1 is 1.08 bits per heavy atom. The number of halogens is 1. The van der Waals surface area contributed by atoms with Gasteiger partial charge < -0.3 is 24.6 Å². The van der Waals surface area contributed by atoms with E-state index in [1.54, 1.807) is 48.2 Å². The molecule has 1 amide bonds. The number of aliphatic hydroxyl groups excluding tert-OH is 1. The van der Waals surface area contributed by atoms with Gasteiger partial charge >= 0.3 is 5.97 Å². The number of hydrogen-bond donors (Lipinski definition) is 3. The van der Waals surface area contributed by atoms with Gasteiger partial charge in [0.15, 0.2) is 0 Å². The van der Waals surface area contributed by atoms with Crippen LogP contribution in [0.3, 0.4) is 0 Å². The molecule has 0 spiro atoms. The average molecular weight is 716 g/mol. The molecule has 1 aliphatic rings. The summed E-state index contributed by atoms with van der Waals surface area (Å²) in [6, 6.07) is 16.6. The number of sulfonamides is 1. The molecule has 1 aliphatic heterocycles. The molecule has 13 heteroatoms. The number of likely N-dealkylation sites (N-methyl/N-ethyl adjacent to an activating group) is 1. The quantitative estimate of drug-likeness (QED) is 0.238. The van der Waals surface area contributed by atoms with E-state index < -0.39 is 27.9 Å². The Morgan fingerprint density at radius 2 is 1.78 bits per heavy atom. The van der Waals surface area contributed by atoms with Crippen molar-refractivity contribution in [2.75, 3.05) is 38.1 Å². The van der Waals surface area contributed by atoms with Gasteiger partial charge in [0.2, 0.25) is 0 Å². The molecular weight excluding hydrogens is 670 g/mol. The van der Waals surface area contributed by atoms with E-state index in [1.807, 2.05) is 20.9 Å². The number of rotatable bonds is 10. The molecular formula is C36H46ClN3O8S. The SMILES string of the molecule is C[C@@H]1CN([C@@H](C)CO)C(=O)c2cc(NS(=O)(=O)c3ccc(Cl)cc3)ccc2O[C@@H](C)CCCCO[C@@H]1CN(C)Cc1ccc(C(=O)O)cc1. The van der Waals surface area contributed by atoms with E-state index in [0.29, 0.717) is 36.9 Å². The normalized spacial score (nSPS) is 20.2. The summed E-state index contributed by atoms with van der Waals surface area (Å²) >= 11 is 5.95. The smallest absolute Gasteiger partial charge is 0.335 e. The van der Waals surface area contributed by atoms with Crippen molar-refractivity contribution >= 4 is 39.2 Å². The van der Waals surface area contributed by atoms with Gasteiger partial charge in [0.05, 0.1) is 40.9 Å². The number of carboxylic acid groups (broad SMARTS) is 1. The minimum absolute atomic E-state index is 0.0193. The van der Waals surface area contributed by atoms with E-state index >= 15 is 0 Å². The van der Waals surface area contributed by atoms with Gasteiger partial charge in [-0.05, 0) is 100 Å². The fourth-order valence-electron chi connectivity index (χ4n) is 5.71. The molecule has 49 heavy (non-hydrogen) atoms. The molecule has 0 aliphatic carbocycles. The summed E-state index contributed by atoms with van der Waals surface area (Å²) in [6.07, 6.45) is 1.86. The second-order valence-corrected chi connectivity index (χ2v) is 14.9. The molecule has 3 N–H and O–H groups in total. The van der Waals surface area contributed by atoms with Gasteiger partial charge in [0.25, 0.3) is 15.9 Å². The van der Waals surface area contributed by atoms with Gasteiger partial charge in [-0.3, -0.25) is 14.4 Å². The summed E-state index contributed by atoms with van der Waals surface area (Å²) in [4.78, 5) is 29.4. The Labute approximate surface area is 293 Å². The molecule has 1 heterocycles. The Kier molecular flexibility index (Phi) is 13.5. The van der Waals surface area contributed by atoms with Gasteiger partial charge in [0.1, 0.15) is 5.75 Å². The summed E-state index contributed by atoms with van der Waals surface area (Å²) in [6.45, 7) is 7.30. The number of ether oxygens (including phenoxy) is 2. The van der Waals surface area contributed by atoms with Crippen LogP contribution in [-0.2, 0) is 21.3 Å². The van der Waals surface area contributed by atoms with Crippen LogP contribution >= 0.6 is 11.6 Å². The lowest BCUT2D eigenvalue weighted by Crippen LogP contribution is -2.47. The monoisotopic (exact) mass is 715 g/mol. The summed E-state index contributed by atoms with van der Waals surface area (Å²) in [5.74, 6) is -1.22. The minimum Gasteiger partial charge on any atom is -0.490 e. The Bertz CT molecular complexity index is 1670. The summed E-state index contributed by atoms with van der Waals surface area (Å²) < 4.78 is 41.6. The lowest BCUT2D eigenvalue weighted by molar-refractivity contribution is -0.0177. The van der Waals surface area contributed by atoms with Crippen molar-refractivity contribution in [2.24, 2.45) is 5.92 Å². The third-order valence-electron chi connectivity index (χ3n) is 8.57. The predicted octanol–water partition coefficient (Wildman–Crippen LogP) is 5.77. The third-order valence-corrected chi connectivity index (χ3v) is 10.2. The fraction of sp³-hybridized carbons (Fsp3) is 0.444. The second kappa shape index (κ2) is 17.3. The zero-order chi connectivity index (χ0) is 35.7. The number of carboxylic acids is 1. The lowest BCUT2D eigenvalue weighted by atomic mass is 10.0. The van der Waals surface area contributed by atoms with Crippen molar-refractivity contribution in [3.05, 3.63) is 88.4 Å². The molecule has 3 aromatic carbocycles. The van der Waals surface area contributed by atoms with Crippen LogP contribution in [0.2, 0.25) is 5.02 Å². The Balaban J connectivity index is 1.62. The van der Waals surface area contributed by atoms with Crippen molar-refractivity contribution in [1.29, 1.82) is 0 Å². The Morgan fingerprint density at radius 3 is 2.43 bits per heavy atom. The molecule has 0 aromatic heterocycles. The van der Waals surface area contributed by atoms with Crippen LogP contribution in [-0.4, -0.2) is 91.9 Å². The lowest BCUT2D eigenvalue weighted by Gasteiger charge is -2.36. The molecule has 266 valence electrons. The predicted molar refractivity (Wildman–Crippen MR) is 189 cm³/mol. The van der Waals surface area contributed by atoms with E-state index in [9.17, 15) is 28.2 Å². The molecule has 4 rings (SSSR count). The standard InChI is InChI=1S/C36H46ClN3O8S/c1-24-20-40(25(2)23-41)35(42)32-19-30(38-49(45,46)31-15-12-29(37)13-16-31)14-17-33(32)48-26(3)7-5-6-18-47-34(24)22-39(4)21-27-8-10-28(11-9-27)36(43)44/h8-17,19,24-26,34,38,41H,5-7,18,20-23H2,1-4H3,(H,43,44)/t24-,25+,26+,34-/m1/s1. The van der Waals surface area contributed by atoms with Crippen molar-refractivity contribution < 1.29 is 37.7 Å². The van der Waals surface area contributed by atoms with Gasteiger partial charge in [-0.15, -0.1) is 0 Å². The highest BCUT2D eigenvalue weighted by molar-refractivity contribution is 7.92. The first-order valence-corrected chi connectivity index (χ1v) is 18.3. The van der Waals surface area contributed by atoms with Crippen LogP contribution in [0, 0.1) is 5.92 Å². The molecule has 4 atom stereocenters. The van der Waals surface area contributed by atoms with Gasteiger partial charge in [-0.2, -0.15) is 0 Å². The van der Waals surface area contributed by atoms with E-state index in [-0.39, 0.29) is 53.0 Å². The number of nitrogens with zero attached hydrogens (tertiary/aromatic N) is 2. The van der Waals surface area contributed by atoms with Crippen molar-refractivity contribution in [3.8, 4) is 5.75 Å². The number of fused-ring (bicyclic) bond motifs is 1. The molecule has 0 saturated heterocycles. The maximum atomic E-state index is 14.4. The summed E-state index contributed by atoms with van der Waals surface area (Å²) in [7, 11) is -2.02.